The molecule has 1 amide bonds. The normalized spacial score (nSPS) is 12.0. The van der Waals surface area contributed by atoms with Crippen LogP contribution in [0.3, 0.4) is 0 Å². The molecule has 0 aliphatic heterocycles. The molecule has 5 aromatic rings. The van der Waals surface area contributed by atoms with Crippen molar-refractivity contribution in [3.63, 3.8) is 0 Å². The van der Waals surface area contributed by atoms with Gasteiger partial charge >= 0.3 is 0 Å². The molecule has 9 heteroatoms. The highest BCUT2D eigenvalue weighted by molar-refractivity contribution is 5.86. The van der Waals surface area contributed by atoms with Gasteiger partial charge in [0.15, 0.2) is 11.6 Å². The van der Waals surface area contributed by atoms with Gasteiger partial charge in [0.2, 0.25) is 5.91 Å². The number of para-hydroxylation sites is 1. The Morgan fingerprint density at radius 2 is 2.00 bits per heavy atom. The molecule has 5 rings (SSSR count). The van der Waals surface area contributed by atoms with Gasteiger partial charge in [0, 0.05) is 25.1 Å². The van der Waals surface area contributed by atoms with E-state index in [4.69, 9.17) is 10.5 Å². The number of amides is 1. The van der Waals surface area contributed by atoms with E-state index in [1.54, 1.807) is 35.3 Å². The van der Waals surface area contributed by atoms with Crippen molar-refractivity contribution in [2.75, 3.05) is 6.54 Å². The van der Waals surface area contributed by atoms with Crippen LogP contribution in [0, 0.1) is 12.7 Å². The fourth-order valence-electron chi connectivity index (χ4n) is 4.16. The SMILES string of the molecule is Cc1c[nH]c2nccc(Oc3ccc(CC(N)C(=O)NCCc4cnn(-c5ccccc5)c4)cc3F)c12. The molecule has 8 nitrogen and oxygen atoms in total. The van der Waals surface area contributed by atoms with Gasteiger partial charge in [0.05, 0.1) is 23.3 Å². The van der Waals surface area contributed by atoms with Gasteiger partial charge in [-0.2, -0.15) is 5.10 Å². The van der Waals surface area contributed by atoms with Crippen molar-refractivity contribution in [3.05, 3.63) is 102 Å². The number of carbonyl (C=O) groups is 1. The Bertz CT molecular complexity index is 1530. The molecular weight excluding hydrogens is 471 g/mol. The van der Waals surface area contributed by atoms with E-state index in [-0.39, 0.29) is 18.1 Å². The number of hydrogen-bond acceptors (Lipinski definition) is 5. The lowest BCUT2D eigenvalue weighted by atomic mass is 10.1. The summed E-state index contributed by atoms with van der Waals surface area (Å²) in [5, 5.41) is 8.02. The fourth-order valence-corrected chi connectivity index (χ4v) is 4.16. The molecule has 0 spiro atoms. The summed E-state index contributed by atoms with van der Waals surface area (Å²) in [5.41, 5.74) is 10.3. The molecule has 0 fully saturated rings. The number of aromatic amines is 1. The third-order valence-corrected chi connectivity index (χ3v) is 6.11. The second kappa shape index (κ2) is 10.6. The van der Waals surface area contributed by atoms with Crippen molar-refractivity contribution in [1.82, 2.24) is 25.1 Å². The summed E-state index contributed by atoms with van der Waals surface area (Å²) in [6, 6.07) is 15.3. The van der Waals surface area contributed by atoms with Crippen LogP contribution in [0.15, 0.2) is 79.4 Å². The third-order valence-electron chi connectivity index (χ3n) is 6.11. The van der Waals surface area contributed by atoms with Crippen LogP contribution < -0.4 is 15.8 Å². The van der Waals surface area contributed by atoms with E-state index in [0.29, 0.717) is 29.9 Å². The van der Waals surface area contributed by atoms with Gasteiger partial charge in [0.25, 0.3) is 0 Å². The summed E-state index contributed by atoms with van der Waals surface area (Å²) in [7, 11) is 0. The number of aryl methyl sites for hydroxylation is 1. The first-order valence-electron chi connectivity index (χ1n) is 12.0. The lowest BCUT2D eigenvalue weighted by molar-refractivity contribution is -0.122. The smallest absolute Gasteiger partial charge is 0.237 e. The van der Waals surface area contributed by atoms with E-state index in [2.05, 4.69) is 20.4 Å². The Morgan fingerprint density at radius 1 is 1.16 bits per heavy atom. The predicted octanol–water partition coefficient (Wildman–Crippen LogP) is 4.22. The molecule has 188 valence electrons. The highest BCUT2D eigenvalue weighted by Crippen LogP contribution is 2.32. The molecule has 0 saturated carbocycles. The number of benzene rings is 2. The number of hydrogen-bond donors (Lipinski definition) is 3. The second-order valence-electron chi connectivity index (χ2n) is 8.85. The average molecular weight is 499 g/mol. The van der Waals surface area contributed by atoms with Crippen LogP contribution in [0.5, 0.6) is 11.5 Å². The number of ether oxygens (including phenoxy) is 1. The summed E-state index contributed by atoms with van der Waals surface area (Å²) in [6.07, 6.45) is 7.96. The molecular formula is C28H27FN6O2. The number of H-pyrrole nitrogens is 1. The maximum Gasteiger partial charge on any atom is 0.237 e. The standard InChI is InChI=1S/C28H27FN6O2/c1-18-15-33-27-26(18)25(10-12-31-27)37-24-8-7-19(13-22(24)29)14-23(30)28(36)32-11-9-20-16-34-35(17-20)21-5-3-2-4-6-21/h2-8,10,12-13,15-17,23H,9,11,14,30H2,1H3,(H,31,33)(H,32,36). The van der Waals surface area contributed by atoms with E-state index < -0.39 is 11.9 Å². The second-order valence-corrected chi connectivity index (χ2v) is 8.85. The van der Waals surface area contributed by atoms with Gasteiger partial charge in [-0.25, -0.2) is 14.1 Å². The molecule has 0 bridgehead atoms. The number of rotatable bonds is 9. The molecule has 1 atom stereocenters. The van der Waals surface area contributed by atoms with Crippen molar-refractivity contribution < 1.29 is 13.9 Å². The average Bonchev–Trinajstić information content (AvgIpc) is 3.53. The molecule has 3 aromatic heterocycles. The van der Waals surface area contributed by atoms with Gasteiger partial charge in [-0.3, -0.25) is 4.79 Å². The number of fused-ring (bicyclic) bond motifs is 1. The van der Waals surface area contributed by atoms with E-state index in [9.17, 15) is 9.18 Å². The van der Waals surface area contributed by atoms with Gasteiger partial charge in [-0.05, 0) is 66.8 Å². The van der Waals surface area contributed by atoms with Crippen LogP contribution >= 0.6 is 0 Å². The van der Waals surface area contributed by atoms with Crippen molar-refractivity contribution in [2.24, 2.45) is 5.73 Å². The predicted molar refractivity (Wildman–Crippen MR) is 139 cm³/mol. The van der Waals surface area contributed by atoms with Crippen molar-refractivity contribution in [2.45, 2.75) is 25.8 Å². The monoisotopic (exact) mass is 498 g/mol. The number of nitrogens with one attached hydrogen (secondary N) is 2. The molecule has 0 aliphatic rings. The minimum absolute atomic E-state index is 0.0888. The first kappa shape index (κ1) is 24.2. The van der Waals surface area contributed by atoms with E-state index >= 15 is 0 Å². The molecule has 0 radical (unpaired) electrons. The largest absolute Gasteiger partial charge is 0.453 e. The zero-order valence-electron chi connectivity index (χ0n) is 20.3. The Hall–Kier alpha value is -4.50. The highest BCUT2D eigenvalue weighted by atomic mass is 19.1. The van der Waals surface area contributed by atoms with E-state index in [0.717, 1.165) is 22.2 Å². The summed E-state index contributed by atoms with van der Waals surface area (Å²) in [4.78, 5) is 19.8. The van der Waals surface area contributed by atoms with Crippen LogP contribution in [-0.2, 0) is 17.6 Å². The van der Waals surface area contributed by atoms with Crippen molar-refractivity contribution >= 4 is 16.9 Å². The summed E-state index contributed by atoms with van der Waals surface area (Å²) < 4.78 is 22.5. The first-order valence-corrected chi connectivity index (χ1v) is 12.0. The summed E-state index contributed by atoms with van der Waals surface area (Å²) >= 11 is 0. The van der Waals surface area contributed by atoms with Gasteiger partial charge in [-0.15, -0.1) is 0 Å². The highest BCUT2D eigenvalue weighted by Gasteiger charge is 2.16. The Morgan fingerprint density at radius 3 is 2.81 bits per heavy atom. The minimum Gasteiger partial charge on any atom is -0.453 e. The number of carbonyl (C=O) groups excluding carboxylic acids is 1. The topological polar surface area (TPSA) is 111 Å². The lowest BCUT2D eigenvalue weighted by Gasteiger charge is -2.13. The molecule has 2 aromatic carbocycles. The molecule has 0 saturated heterocycles. The molecule has 37 heavy (non-hydrogen) atoms. The number of nitrogens with two attached hydrogens (primary N) is 1. The molecule has 3 heterocycles. The molecule has 0 aliphatic carbocycles. The zero-order valence-corrected chi connectivity index (χ0v) is 20.3. The minimum atomic E-state index is -0.805. The first-order chi connectivity index (χ1) is 18.0. The molecule has 4 N–H and O–H groups in total. The van der Waals surface area contributed by atoms with Crippen LogP contribution in [0.2, 0.25) is 0 Å². The Labute approximate surface area is 213 Å². The van der Waals surface area contributed by atoms with E-state index in [1.165, 1.54) is 6.07 Å². The number of aromatic nitrogens is 4. The Kier molecular flexibility index (Phi) is 6.96. The van der Waals surface area contributed by atoms with Crippen LogP contribution in [0.25, 0.3) is 16.7 Å². The van der Waals surface area contributed by atoms with Crippen LogP contribution in [0.4, 0.5) is 4.39 Å². The van der Waals surface area contributed by atoms with Crippen LogP contribution in [0.1, 0.15) is 16.7 Å². The third kappa shape index (κ3) is 5.52. The fraction of sp³-hybridized carbons (Fsp3) is 0.179. The number of halogens is 1. The maximum absolute atomic E-state index is 14.8. The number of nitrogens with zero attached hydrogens (tertiary/aromatic N) is 3. The van der Waals surface area contributed by atoms with Gasteiger partial charge in [-0.1, -0.05) is 24.3 Å². The van der Waals surface area contributed by atoms with Crippen molar-refractivity contribution in [1.29, 1.82) is 0 Å². The summed E-state index contributed by atoms with van der Waals surface area (Å²) in [5.74, 6) is -0.219. The maximum atomic E-state index is 14.8. The quantitative estimate of drug-likeness (QED) is 0.282. The zero-order chi connectivity index (χ0) is 25.8. The van der Waals surface area contributed by atoms with E-state index in [1.807, 2.05) is 49.6 Å². The Balaban J connectivity index is 1.14. The summed E-state index contributed by atoms with van der Waals surface area (Å²) in [6.45, 7) is 2.35. The van der Waals surface area contributed by atoms with Crippen LogP contribution in [-0.4, -0.2) is 38.2 Å². The molecule has 1 unspecified atom stereocenters. The lowest BCUT2D eigenvalue weighted by Crippen LogP contribution is -2.42. The van der Waals surface area contributed by atoms with Gasteiger partial charge in [0.1, 0.15) is 11.4 Å². The van der Waals surface area contributed by atoms with Gasteiger partial charge < -0.3 is 20.8 Å². The van der Waals surface area contributed by atoms with Crippen molar-refractivity contribution in [3.8, 4) is 17.2 Å². The number of pyridine rings is 1.